The molecule has 1 aromatic carbocycles. The van der Waals surface area contributed by atoms with Crippen LogP contribution < -0.4 is 11.3 Å². The fraction of sp³-hybridized carbons (Fsp3) is 0.100. The molecule has 5 heteroatoms. The Kier molecular flexibility index (Phi) is 2.62. The van der Waals surface area contributed by atoms with E-state index < -0.39 is 0 Å². The van der Waals surface area contributed by atoms with Crippen molar-refractivity contribution in [3.05, 3.63) is 51.4 Å². The summed E-state index contributed by atoms with van der Waals surface area (Å²) in [5, 5.41) is 3.28. The summed E-state index contributed by atoms with van der Waals surface area (Å²) in [5.74, 6) is 0. The first-order valence-corrected chi connectivity index (χ1v) is 4.85. The van der Waals surface area contributed by atoms with Crippen LogP contribution in [0.15, 0.2) is 35.3 Å². The lowest BCUT2D eigenvalue weighted by Crippen LogP contribution is -2.10. The van der Waals surface area contributed by atoms with Crippen LogP contribution in [0.1, 0.15) is 5.56 Å². The largest absolute Gasteiger partial charge is 0.326 e. The molecule has 4 nitrogen and oxygen atoms in total. The van der Waals surface area contributed by atoms with Gasteiger partial charge in [-0.25, -0.2) is 0 Å². The summed E-state index contributed by atoms with van der Waals surface area (Å²) < 4.78 is 1.61. The van der Waals surface area contributed by atoms with Gasteiger partial charge in [-0.15, -0.1) is 0 Å². The van der Waals surface area contributed by atoms with Crippen molar-refractivity contribution in [2.45, 2.75) is 6.54 Å². The highest BCUT2D eigenvalue weighted by molar-refractivity contribution is 6.30. The molecule has 0 atom stereocenters. The van der Waals surface area contributed by atoms with Crippen molar-refractivity contribution in [1.82, 2.24) is 9.78 Å². The monoisotopic (exact) mass is 223 g/mol. The SMILES string of the molecule is NCc1cn(-c2cccc(Cl)c2)[nH]c1=O. The van der Waals surface area contributed by atoms with Gasteiger partial charge in [-0.2, -0.15) is 0 Å². The van der Waals surface area contributed by atoms with Crippen molar-refractivity contribution in [2.75, 3.05) is 0 Å². The van der Waals surface area contributed by atoms with Crippen molar-refractivity contribution >= 4 is 11.6 Å². The van der Waals surface area contributed by atoms with E-state index in [2.05, 4.69) is 5.10 Å². The summed E-state index contributed by atoms with van der Waals surface area (Å²) in [4.78, 5) is 11.3. The van der Waals surface area contributed by atoms with Gasteiger partial charge in [0.25, 0.3) is 5.56 Å². The summed E-state index contributed by atoms with van der Waals surface area (Å²) in [7, 11) is 0. The van der Waals surface area contributed by atoms with E-state index in [-0.39, 0.29) is 12.1 Å². The van der Waals surface area contributed by atoms with Crippen LogP contribution in [-0.2, 0) is 6.54 Å². The molecule has 2 rings (SSSR count). The van der Waals surface area contributed by atoms with E-state index >= 15 is 0 Å². The number of nitrogens with two attached hydrogens (primary N) is 1. The Hall–Kier alpha value is -1.52. The fourth-order valence-corrected chi connectivity index (χ4v) is 1.52. The van der Waals surface area contributed by atoms with Crippen LogP contribution in [0.5, 0.6) is 0 Å². The number of H-pyrrole nitrogens is 1. The van der Waals surface area contributed by atoms with E-state index in [0.717, 1.165) is 5.69 Å². The van der Waals surface area contributed by atoms with Gasteiger partial charge < -0.3 is 5.73 Å². The Morgan fingerprint density at radius 3 is 2.87 bits per heavy atom. The van der Waals surface area contributed by atoms with Crippen LogP contribution >= 0.6 is 11.6 Å². The smallest absolute Gasteiger partial charge is 0.268 e. The Morgan fingerprint density at radius 2 is 2.27 bits per heavy atom. The Bertz CT molecular complexity index is 529. The fourth-order valence-electron chi connectivity index (χ4n) is 1.34. The predicted molar refractivity (Wildman–Crippen MR) is 59.3 cm³/mol. The average Bonchev–Trinajstić information content (AvgIpc) is 2.60. The molecule has 0 saturated heterocycles. The number of aromatic nitrogens is 2. The molecule has 1 aromatic heterocycles. The van der Waals surface area contributed by atoms with Crippen LogP contribution in [0.25, 0.3) is 5.69 Å². The molecule has 2 aromatic rings. The summed E-state index contributed by atoms with van der Waals surface area (Å²) in [6.45, 7) is 0.225. The zero-order chi connectivity index (χ0) is 10.8. The lowest BCUT2D eigenvalue weighted by molar-refractivity contribution is 0.864. The minimum Gasteiger partial charge on any atom is -0.326 e. The van der Waals surface area contributed by atoms with Crippen molar-refractivity contribution < 1.29 is 0 Å². The molecule has 0 aliphatic rings. The maximum Gasteiger partial charge on any atom is 0.268 e. The van der Waals surface area contributed by atoms with Gasteiger partial charge in [-0.1, -0.05) is 17.7 Å². The van der Waals surface area contributed by atoms with E-state index in [9.17, 15) is 4.79 Å². The molecule has 0 radical (unpaired) electrons. The molecule has 0 saturated carbocycles. The molecular formula is C10H10ClN3O. The van der Waals surface area contributed by atoms with E-state index in [1.165, 1.54) is 0 Å². The number of hydrogen-bond acceptors (Lipinski definition) is 2. The van der Waals surface area contributed by atoms with Gasteiger partial charge in [0.15, 0.2) is 0 Å². The first-order valence-electron chi connectivity index (χ1n) is 4.47. The third-order valence-corrected chi connectivity index (χ3v) is 2.34. The van der Waals surface area contributed by atoms with Gasteiger partial charge in [0.05, 0.1) is 11.3 Å². The van der Waals surface area contributed by atoms with Crippen LogP contribution in [0.3, 0.4) is 0 Å². The first kappa shape index (κ1) is 10.0. The van der Waals surface area contributed by atoms with Crippen LogP contribution in [-0.4, -0.2) is 9.78 Å². The van der Waals surface area contributed by atoms with Crippen molar-refractivity contribution in [3.63, 3.8) is 0 Å². The van der Waals surface area contributed by atoms with Gasteiger partial charge in [0.2, 0.25) is 0 Å². The van der Waals surface area contributed by atoms with Gasteiger partial charge >= 0.3 is 0 Å². The molecule has 0 bridgehead atoms. The second kappa shape index (κ2) is 3.92. The number of benzene rings is 1. The Balaban J connectivity index is 2.50. The highest BCUT2D eigenvalue weighted by Gasteiger charge is 2.03. The minimum atomic E-state index is -0.169. The lowest BCUT2D eigenvalue weighted by Gasteiger charge is -2.01. The van der Waals surface area contributed by atoms with Crippen molar-refractivity contribution in [3.8, 4) is 5.69 Å². The third-order valence-electron chi connectivity index (χ3n) is 2.10. The highest BCUT2D eigenvalue weighted by Crippen LogP contribution is 2.13. The van der Waals surface area contributed by atoms with E-state index in [4.69, 9.17) is 17.3 Å². The third kappa shape index (κ3) is 1.95. The zero-order valence-corrected chi connectivity index (χ0v) is 8.66. The van der Waals surface area contributed by atoms with Crippen LogP contribution in [0.4, 0.5) is 0 Å². The van der Waals surface area contributed by atoms with Gasteiger partial charge in [0, 0.05) is 17.8 Å². The lowest BCUT2D eigenvalue weighted by atomic mass is 10.3. The minimum absolute atomic E-state index is 0.169. The molecule has 0 aliphatic carbocycles. The number of rotatable bonds is 2. The normalized spacial score (nSPS) is 10.5. The molecule has 1 heterocycles. The van der Waals surface area contributed by atoms with Crippen molar-refractivity contribution in [1.29, 1.82) is 0 Å². The predicted octanol–water partition coefficient (Wildman–Crippen LogP) is 1.28. The molecular weight excluding hydrogens is 214 g/mol. The van der Waals surface area contributed by atoms with Crippen molar-refractivity contribution in [2.24, 2.45) is 5.73 Å². The Labute approximate surface area is 91.3 Å². The Morgan fingerprint density at radius 1 is 1.47 bits per heavy atom. The molecule has 15 heavy (non-hydrogen) atoms. The van der Waals surface area contributed by atoms with E-state index in [0.29, 0.717) is 10.6 Å². The second-order valence-corrected chi connectivity index (χ2v) is 3.59. The molecule has 0 amide bonds. The molecule has 78 valence electrons. The number of nitrogens with one attached hydrogen (secondary N) is 1. The average molecular weight is 224 g/mol. The number of hydrogen-bond donors (Lipinski definition) is 2. The number of aromatic amines is 1. The van der Waals surface area contributed by atoms with Gasteiger partial charge in [-0.3, -0.25) is 14.6 Å². The molecule has 0 aliphatic heterocycles. The van der Waals surface area contributed by atoms with E-state index in [1.807, 2.05) is 12.1 Å². The topological polar surface area (TPSA) is 63.8 Å². The maximum atomic E-state index is 11.3. The summed E-state index contributed by atoms with van der Waals surface area (Å²) in [6.07, 6.45) is 1.67. The summed E-state index contributed by atoms with van der Waals surface area (Å²) >= 11 is 5.85. The van der Waals surface area contributed by atoms with Crippen LogP contribution in [0, 0.1) is 0 Å². The number of halogens is 1. The quantitative estimate of drug-likeness (QED) is 0.806. The molecule has 0 unspecified atom stereocenters. The first-order chi connectivity index (χ1) is 7.20. The standard InChI is InChI=1S/C10H10ClN3O/c11-8-2-1-3-9(4-8)14-6-7(5-12)10(15)13-14/h1-4,6H,5,12H2,(H,13,15). The highest BCUT2D eigenvalue weighted by atomic mass is 35.5. The molecule has 0 fully saturated rings. The molecule has 3 N–H and O–H groups in total. The second-order valence-electron chi connectivity index (χ2n) is 3.15. The maximum absolute atomic E-state index is 11.3. The van der Waals surface area contributed by atoms with Gasteiger partial charge in [-0.05, 0) is 18.2 Å². The van der Waals surface area contributed by atoms with E-state index in [1.54, 1.807) is 23.0 Å². The molecule has 0 spiro atoms. The summed E-state index contributed by atoms with van der Waals surface area (Å²) in [5.41, 5.74) is 6.60. The summed E-state index contributed by atoms with van der Waals surface area (Å²) in [6, 6.07) is 7.20. The number of nitrogens with zero attached hydrogens (tertiary/aromatic N) is 1. The van der Waals surface area contributed by atoms with Crippen LogP contribution in [0.2, 0.25) is 5.02 Å². The zero-order valence-electron chi connectivity index (χ0n) is 7.90. The van der Waals surface area contributed by atoms with Gasteiger partial charge in [0.1, 0.15) is 0 Å².